The Kier molecular flexibility index (Phi) is 8.49. The van der Waals surface area contributed by atoms with Crippen LogP contribution in [0, 0.1) is 0 Å². The van der Waals surface area contributed by atoms with Gasteiger partial charge in [-0.05, 0) is 50.7 Å². The topological polar surface area (TPSA) is 90.5 Å². The van der Waals surface area contributed by atoms with Crippen LogP contribution in [0.5, 0.6) is 0 Å². The maximum Gasteiger partial charge on any atom is 0.219 e. The normalized spacial score (nSPS) is 20.6. The number of carbonyl (C=O) groups excluding carboxylic acids is 1. The van der Waals surface area contributed by atoms with Crippen molar-refractivity contribution in [1.29, 1.82) is 0 Å². The summed E-state index contributed by atoms with van der Waals surface area (Å²) in [7, 11) is 0. The third kappa shape index (κ3) is 5.89. The van der Waals surface area contributed by atoms with Crippen LogP contribution in [0.25, 0.3) is 16.9 Å². The molecule has 0 spiro atoms. The molecule has 9 heteroatoms. The van der Waals surface area contributed by atoms with Crippen molar-refractivity contribution in [2.75, 3.05) is 50.8 Å². The van der Waals surface area contributed by atoms with Crippen LogP contribution >= 0.6 is 0 Å². The van der Waals surface area contributed by atoms with E-state index in [0.29, 0.717) is 12.3 Å². The van der Waals surface area contributed by atoms with Crippen molar-refractivity contribution < 1.29 is 9.53 Å². The van der Waals surface area contributed by atoms with Gasteiger partial charge in [-0.3, -0.25) is 9.69 Å². The summed E-state index contributed by atoms with van der Waals surface area (Å²) in [5, 5.41) is 0. The fourth-order valence-electron chi connectivity index (χ4n) is 5.98. The molecule has 4 heterocycles. The van der Waals surface area contributed by atoms with E-state index in [9.17, 15) is 4.79 Å². The Labute approximate surface area is 237 Å². The van der Waals surface area contributed by atoms with Gasteiger partial charge in [0, 0.05) is 51.8 Å². The molecule has 1 unspecified atom stereocenters. The van der Waals surface area contributed by atoms with Crippen LogP contribution in [0.15, 0.2) is 55.1 Å². The fourth-order valence-corrected chi connectivity index (χ4v) is 5.98. The van der Waals surface area contributed by atoms with Crippen molar-refractivity contribution >= 4 is 28.6 Å². The molecule has 2 saturated heterocycles. The highest BCUT2D eigenvalue weighted by atomic mass is 16.5. The SMILES string of the molecule is C=CCC(C)=C(OCC1(C)CCCN1c1ncnc2nc[nH]c12)c1ccccc1CCN1CCN(C(C)=O)CC1. The van der Waals surface area contributed by atoms with Crippen molar-refractivity contribution in [2.45, 2.75) is 52.0 Å². The Hall–Kier alpha value is -3.72. The molecule has 0 saturated carbocycles. The molecule has 9 nitrogen and oxygen atoms in total. The first-order chi connectivity index (χ1) is 19.4. The number of hydrogen-bond acceptors (Lipinski definition) is 7. The maximum atomic E-state index is 11.7. The number of imidazole rings is 1. The summed E-state index contributed by atoms with van der Waals surface area (Å²) in [5.41, 5.74) is 4.91. The number of ether oxygens (including phenoxy) is 1. The molecular formula is C31H41N7O2. The van der Waals surface area contributed by atoms with E-state index in [1.807, 2.05) is 11.0 Å². The number of aromatic amines is 1. The number of fused-ring (bicyclic) bond motifs is 1. The van der Waals surface area contributed by atoms with E-state index >= 15 is 0 Å². The highest BCUT2D eigenvalue weighted by molar-refractivity contribution is 5.83. The van der Waals surface area contributed by atoms with Crippen LogP contribution in [-0.2, 0) is 16.0 Å². The molecule has 2 aliphatic rings. The third-order valence-corrected chi connectivity index (χ3v) is 8.35. The molecule has 3 aromatic rings. The highest BCUT2D eigenvalue weighted by Gasteiger charge is 2.39. The zero-order valence-corrected chi connectivity index (χ0v) is 24.0. The molecule has 0 aliphatic carbocycles. The molecule has 1 atom stereocenters. The minimum atomic E-state index is -0.225. The monoisotopic (exact) mass is 543 g/mol. The third-order valence-electron chi connectivity index (χ3n) is 8.35. The number of anilines is 1. The number of carbonyl (C=O) groups is 1. The molecule has 2 aromatic heterocycles. The number of benzene rings is 1. The molecule has 1 N–H and O–H groups in total. The molecule has 0 bridgehead atoms. The Bertz CT molecular complexity index is 1370. The lowest BCUT2D eigenvalue weighted by Crippen LogP contribution is -2.48. The first-order valence-corrected chi connectivity index (χ1v) is 14.3. The van der Waals surface area contributed by atoms with Crippen LogP contribution in [-0.4, -0.2) is 87.1 Å². The predicted molar refractivity (Wildman–Crippen MR) is 159 cm³/mol. The Morgan fingerprint density at radius 1 is 1.12 bits per heavy atom. The van der Waals surface area contributed by atoms with Gasteiger partial charge >= 0.3 is 0 Å². The quantitative estimate of drug-likeness (QED) is 0.299. The molecule has 0 radical (unpaired) electrons. The first-order valence-electron chi connectivity index (χ1n) is 14.3. The summed E-state index contributed by atoms with van der Waals surface area (Å²) in [6.07, 6.45) is 8.96. The van der Waals surface area contributed by atoms with Gasteiger partial charge in [-0.1, -0.05) is 30.3 Å². The summed E-state index contributed by atoms with van der Waals surface area (Å²) in [6.45, 7) is 15.9. The maximum absolute atomic E-state index is 11.7. The van der Waals surface area contributed by atoms with Crippen molar-refractivity contribution in [3.63, 3.8) is 0 Å². The number of rotatable bonds is 10. The number of allylic oxidation sites excluding steroid dienone is 2. The lowest BCUT2D eigenvalue weighted by Gasteiger charge is -2.36. The van der Waals surface area contributed by atoms with E-state index < -0.39 is 0 Å². The average molecular weight is 544 g/mol. The number of aromatic nitrogens is 4. The average Bonchev–Trinajstić information content (AvgIpc) is 3.60. The summed E-state index contributed by atoms with van der Waals surface area (Å²) >= 11 is 0. The smallest absolute Gasteiger partial charge is 0.219 e. The largest absolute Gasteiger partial charge is 0.491 e. The van der Waals surface area contributed by atoms with Gasteiger partial charge in [0.2, 0.25) is 5.91 Å². The number of hydrogen-bond donors (Lipinski definition) is 1. The molecule has 5 rings (SSSR count). The molecular weight excluding hydrogens is 502 g/mol. The zero-order chi connectivity index (χ0) is 28.1. The summed E-state index contributed by atoms with van der Waals surface area (Å²) in [4.78, 5) is 34.9. The van der Waals surface area contributed by atoms with Crippen LogP contribution in [0.2, 0.25) is 0 Å². The number of amides is 1. The van der Waals surface area contributed by atoms with Gasteiger partial charge in [-0.25, -0.2) is 15.0 Å². The van der Waals surface area contributed by atoms with Gasteiger partial charge in [0.1, 0.15) is 24.2 Å². The molecule has 1 amide bonds. The van der Waals surface area contributed by atoms with Crippen molar-refractivity contribution in [1.82, 2.24) is 29.7 Å². The molecule has 1 aromatic carbocycles. The van der Waals surface area contributed by atoms with Crippen LogP contribution < -0.4 is 4.90 Å². The van der Waals surface area contributed by atoms with Gasteiger partial charge in [0.25, 0.3) is 0 Å². The van der Waals surface area contributed by atoms with Gasteiger partial charge in [-0.15, -0.1) is 6.58 Å². The van der Waals surface area contributed by atoms with E-state index in [-0.39, 0.29) is 11.4 Å². The second kappa shape index (κ2) is 12.2. The highest BCUT2D eigenvalue weighted by Crippen LogP contribution is 2.37. The lowest BCUT2D eigenvalue weighted by atomic mass is 9.97. The van der Waals surface area contributed by atoms with Crippen molar-refractivity contribution in [2.24, 2.45) is 0 Å². The predicted octanol–water partition coefficient (Wildman–Crippen LogP) is 4.44. The van der Waals surface area contributed by atoms with E-state index in [1.165, 1.54) is 11.1 Å². The minimum Gasteiger partial charge on any atom is -0.491 e. The van der Waals surface area contributed by atoms with Gasteiger partial charge in [0.05, 0.1) is 11.9 Å². The first kappa shape index (κ1) is 27.8. The zero-order valence-electron chi connectivity index (χ0n) is 24.0. The fraction of sp³-hybridized carbons (Fsp3) is 0.484. The minimum absolute atomic E-state index is 0.165. The van der Waals surface area contributed by atoms with Crippen LogP contribution in [0.1, 0.15) is 51.2 Å². The van der Waals surface area contributed by atoms with Crippen molar-refractivity contribution in [3.8, 4) is 0 Å². The molecule has 212 valence electrons. The Morgan fingerprint density at radius 3 is 2.70 bits per heavy atom. The molecule has 2 fully saturated rings. The standard InChI is InChI=1S/C31H41N7O2/c1-5-9-23(2)28(26-11-7-6-10-25(26)12-15-36-16-18-37(19-17-36)24(3)39)40-20-31(4)13-8-14-38(31)30-27-29(33-21-32-27)34-22-35-30/h5-7,10-11,21-22H,1,8-9,12-20H2,2-4H3,(H,32,33,34,35). The summed E-state index contributed by atoms with van der Waals surface area (Å²) in [5.74, 6) is 1.99. The summed E-state index contributed by atoms with van der Waals surface area (Å²) < 4.78 is 6.81. The van der Waals surface area contributed by atoms with E-state index in [2.05, 4.69) is 74.4 Å². The van der Waals surface area contributed by atoms with Gasteiger partial charge in [0.15, 0.2) is 11.5 Å². The number of piperazine rings is 1. The molecule has 2 aliphatic heterocycles. The van der Waals surface area contributed by atoms with Crippen LogP contribution in [0.3, 0.4) is 0 Å². The number of H-pyrrole nitrogens is 1. The summed E-state index contributed by atoms with van der Waals surface area (Å²) in [6, 6.07) is 8.59. The van der Waals surface area contributed by atoms with Gasteiger partial charge in [-0.2, -0.15) is 0 Å². The van der Waals surface area contributed by atoms with Gasteiger partial charge < -0.3 is 19.5 Å². The van der Waals surface area contributed by atoms with E-state index in [4.69, 9.17) is 4.74 Å². The Morgan fingerprint density at radius 2 is 1.93 bits per heavy atom. The van der Waals surface area contributed by atoms with Crippen molar-refractivity contribution in [3.05, 3.63) is 66.3 Å². The second-order valence-electron chi connectivity index (χ2n) is 11.2. The number of nitrogens with one attached hydrogen (secondary N) is 1. The lowest BCUT2D eigenvalue weighted by molar-refractivity contribution is -0.130. The van der Waals surface area contributed by atoms with Crippen LogP contribution in [0.4, 0.5) is 5.82 Å². The van der Waals surface area contributed by atoms with E-state index in [1.54, 1.807) is 19.6 Å². The van der Waals surface area contributed by atoms with E-state index in [0.717, 1.165) is 87.6 Å². The Balaban J connectivity index is 1.34. The second-order valence-corrected chi connectivity index (χ2v) is 11.2. The number of nitrogens with zero attached hydrogens (tertiary/aromatic N) is 6. The molecule has 40 heavy (non-hydrogen) atoms.